The van der Waals surface area contributed by atoms with Gasteiger partial charge in [0, 0.05) is 16.0 Å². The molecule has 2 aromatic heterocycles. The van der Waals surface area contributed by atoms with Crippen LogP contribution in [0.25, 0.3) is 10.9 Å². The van der Waals surface area contributed by atoms with Gasteiger partial charge in [-0.3, -0.25) is 9.78 Å². The molecule has 1 aliphatic carbocycles. The number of hydrogen-bond acceptors (Lipinski definition) is 5. The number of aryl methyl sites for hydroxylation is 1. The van der Waals surface area contributed by atoms with E-state index in [2.05, 4.69) is 12.2 Å². The summed E-state index contributed by atoms with van der Waals surface area (Å²) in [5.74, 6) is -0.256. The van der Waals surface area contributed by atoms with Crippen molar-refractivity contribution in [3.63, 3.8) is 0 Å². The number of nitrogens with zero attached hydrogens (tertiary/aromatic N) is 1. The molecule has 0 spiro atoms. The van der Waals surface area contributed by atoms with Gasteiger partial charge in [0.15, 0.2) is 6.61 Å². The number of esters is 1. The van der Waals surface area contributed by atoms with Gasteiger partial charge in [0.05, 0.1) is 17.6 Å². The van der Waals surface area contributed by atoms with Gasteiger partial charge in [-0.25, -0.2) is 4.79 Å². The second kappa shape index (κ2) is 8.10. The third-order valence-corrected chi connectivity index (χ3v) is 5.96. The fraction of sp³-hybridized carbons (Fsp3) is 0.318. The molecule has 0 saturated carbocycles. The first-order valence-electron chi connectivity index (χ1n) is 9.48. The van der Waals surface area contributed by atoms with E-state index in [0.717, 1.165) is 46.3 Å². The van der Waals surface area contributed by atoms with Gasteiger partial charge in [-0.2, -0.15) is 0 Å². The fourth-order valence-corrected chi connectivity index (χ4v) is 4.29. The van der Waals surface area contributed by atoms with Gasteiger partial charge in [-0.1, -0.05) is 31.2 Å². The van der Waals surface area contributed by atoms with E-state index in [1.807, 2.05) is 41.8 Å². The molecule has 28 heavy (non-hydrogen) atoms. The van der Waals surface area contributed by atoms with Crippen molar-refractivity contribution in [3.8, 4) is 0 Å². The van der Waals surface area contributed by atoms with Crippen LogP contribution in [0.5, 0.6) is 0 Å². The molecule has 1 aromatic carbocycles. The Labute approximate surface area is 167 Å². The fourth-order valence-electron chi connectivity index (χ4n) is 3.65. The number of carbonyl (C=O) groups is 2. The van der Waals surface area contributed by atoms with Gasteiger partial charge in [-0.15, -0.1) is 11.3 Å². The molecule has 0 radical (unpaired) electrons. The van der Waals surface area contributed by atoms with Gasteiger partial charge in [-0.05, 0) is 48.3 Å². The molecule has 2 heterocycles. The van der Waals surface area contributed by atoms with Crippen LogP contribution in [0.3, 0.4) is 0 Å². The predicted octanol–water partition coefficient (Wildman–Crippen LogP) is 3.89. The molecular formula is C22H22N2O3S. The minimum absolute atomic E-state index is 0.287. The summed E-state index contributed by atoms with van der Waals surface area (Å²) in [7, 11) is 0. The van der Waals surface area contributed by atoms with Crippen LogP contribution in [0.1, 0.15) is 39.8 Å². The number of aromatic nitrogens is 1. The van der Waals surface area contributed by atoms with Gasteiger partial charge in [0.25, 0.3) is 5.91 Å². The smallest absolute Gasteiger partial charge is 0.339 e. The van der Waals surface area contributed by atoms with E-state index in [0.29, 0.717) is 18.0 Å². The van der Waals surface area contributed by atoms with E-state index in [4.69, 9.17) is 9.72 Å². The number of thiophene rings is 1. The average molecular weight is 394 g/mol. The monoisotopic (exact) mass is 394 g/mol. The second-order valence-electron chi connectivity index (χ2n) is 7.21. The standard InChI is InChI=1S/C22H22N2O3S/c1-14-8-9-19-17(11-14)21(16-6-2-3-7-18(16)24-19)22(26)27-13-20(25)23-12-15-5-4-10-28-15/h2-7,10,14H,8-9,11-13H2,1H3,(H,23,25)/t14-/m0/s1. The zero-order valence-corrected chi connectivity index (χ0v) is 16.6. The normalized spacial score (nSPS) is 15.8. The Kier molecular flexibility index (Phi) is 5.39. The zero-order chi connectivity index (χ0) is 19.5. The highest BCUT2D eigenvalue weighted by Crippen LogP contribution is 2.31. The van der Waals surface area contributed by atoms with Crippen LogP contribution < -0.4 is 5.32 Å². The van der Waals surface area contributed by atoms with E-state index in [1.54, 1.807) is 11.3 Å². The number of rotatable bonds is 5. The SMILES string of the molecule is C[C@H]1CCc2nc3ccccc3c(C(=O)OCC(=O)NCc3cccs3)c2C1. The number of hydrogen-bond donors (Lipinski definition) is 1. The average Bonchev–Trinajstić information content (AvgIpc) is 3.22. The first-order chi connectivity index (χ1) is 13.6. The summed E-state index contributed by atoms with van der Waals surface area (Å²) in [5, 5.41) is 5.53. The molecule has 1 aliphatic rings. The number of fused-ring (bicyclic) bond motifs is 2. The van der Waals surface area contributed by atoms with Crippen molar-refractivity contribution in [3.05, 3.63) is 63.5 Å². The molecule has 144 valence electrons. The van der Waals surface area contributed by atoms with Crippen LogP contribution in [0.4, 0.5) is 0 Å². The van der Waals surface area contributed by atoms with Gasteiger partial charge in [0.2, 0.25) is 0 Å². The number of nitrogens with one attached hydrogen (secondary N) is 1. The maximum atomic E-state index is 12.9. The Morgan fingerprint density at radius 3 is 2.93 bits per heavy atom. The molecule has 0 bridgehead atoms. The minimum atomic E-state index is -0.449. The topological polar surface area (TPSA) is 68.3 Å². The number of benzene rings is 1. The lowest BCUT2D eigenvalue weighted by Gasteiger charge is -2.24. The number of para-hydroxylation sites is 1. The summed E-state index contributed by atoms with van der Waals surface area (Å²) in [6.45, 7) is 2.34. The lowest BCUT2D eigenvalue weighted by molar-refractivity contribution is -0.124. The van der Waals surface area contributed by atoms with Gasteiger partial charge in [0.1, 0.15) is 0 Å². The molecule has 4 rings (SSSR count). The number of pyridine rings is 1. The summed E-state index contributed by atoms with van der Waals surface area (Å²) < 4.78 is 5.39. The van der Waals surface area contributed by atoms with Crippen molar-refractivity contribution < 1.29 is 14.3 Å². The Balaban J connectivity index is 1.53. The number of carbonyl (C=O) groups excluding carboxylic acids is 2. The molecule has 0 unspecified atom stereocenters. The third kappa shape index (κ3) is 3.92. The molecular weight excluding hydrogens is 372 g/mol. The first-order valence-corrected chi connectivity index (χ1v) is 10.4. The van der Waals surface area contributed by atoms with Crippen molar-refractivity contribution in [1.82, 2.24) is 10.3 Å². The van der Waals surface area contributed by atoms with Crippen LogP contribution in [0.2, 0.25) is 0 Å². The van der Waals surface area contributed by atoms with Crippen molar-refractivity contribution in [1.29, 1.82) is 0 Å². The van der Waals surface area contributed by atoms with Gasteiger partial charge < -0.3 is 10.1 Å². The van der Waals surface area contributed by atoms with E-state index in [9.17, 15) is 9.59 Å². The molecule has 0 saturated heterocycles. The van der Waals surface area contributed by atoms with Crippen molar-refractivity contribution in [2.24, 2.45) is 5.92 Å². The Morgan fingerprint density at radius 2 is 2.11 bits per heavy atom. The van der Waals surface area contributed by atoms with Crippen molar-refractivity contribution in [2.45, 2.75) is 32.7 Å². The van der Waals surface area contributed by atoms with Crippen LogP contribution in [0, 0.1) is 5.92 Å². The highest BCUT2D eigenvalue weighted by molar-refractivity contribution is 7.09. The molecule has 1 amide bonds. The largest absolute Gasteiger partial charge is 0.452 e. The molecule has 6 heteroatoms. The molecule has 1 N–H and O–H groups in total. The highest BCUT2D eigenvalue weighted by Gasteiger charge is 2.26. The summed E-state index contributed by atoms with van der Waals surface area (Å²) in [5.41, 5.74) is 3.32. The van der Waals surface area contributed by atoms with E-state index >= 15 is 0 Å². The maximum absolute atomic E-state index is 12.9. The Morgan fingerprint density at radius 1 is 1.25 bits per heavy atom. The minimum Gasteiger partial charge on any atom is -0.452 e. The van der Waals surface area contributed by atoms with E-state index in [-0.39, 0.29) is 12.5 Å². The molecule has 3 aromatic rings. The molecule has 1 atom stereocenters. The van der Waals surface area contributed by atoms with Crippen LogP contribution in [-0.4, -0.2) is 23.5 Å². The van der Waals surface area contributed by atoms with Gasteiger partial charge >= 0.3 is 5.97 Å². The number of ether oxygens (including phenoxy) is 1. The lowest BCUT2D eigenvalue weighted by atomic mass is 9.84. The maximum Gasteiger partial charge on any atom is 0.339 e. The Bertz CT molecular complexity index is 1010. The van der Waals surface area contributed by atoms with E-state index < -0.39 is 5.97 Å². The third-order valence-electron chi connectivity index (χ3n) is 5.08. The summed E-state index contributed by atoms with van der Waals surface area (Å²) in [6.07, 6.45) is 2.74. The molecule has 5 nitrogen and oxygen atoms in total. The summed E-state index contributed by atoms with van der Waals surface area (Å²) in [4.78, 5) is 30.8. The highest BCUT2D eigenvalue weighted by atomic mass is 32.1. The van der Waals surface area contributed by atoms with E-state index in [1.165, 1.54) is 0 Å². The summed E-state index contributed by atoms with van der Waals surface area (Å²) >= 11 is 1.57. The summed E-state index contributed by atoms with van der Waals surface area (Å²) in [6, 6.07) is 11.5. The van der Waals surface area contributed by atoms with Crippen molar-refractivity contribution in [2.75, 3.05) is 6.61 Å². The zero-order valence-electron chi connectivity index (χ0n) is 15.7. The van der Waals surface area contributed by atoms with Crippen molar-refractivity contribution >= 4 is 34.1 Å². The van der Waals surface area contributed by atoms with Crippen LogP contribution in [-0.2, 0) is 28.9 Å². The van der Waals surface area contributed by atoms with Crippen LogP contribution >= 0.6 is 11.3 Å². The first kappa shape index (κ1) is 18.6. The molecule has 0 fully saturated rings. The quantitative estimate of drug-likeness (QED) is 0.667. The molecule has 0 aliphatic heterocycles. The Hall–Kier alpha value is -2.73. The van der Waals surface area contributed by atoms with Crippen LogP contribution in [0.15, 0.2) is 41.8 Å². The second-order valence-corrected chi connectivity index (χ2v) is 8.24. The predicted molar refractivity (Wildman–Crippen MR) is 109 cm³/mol. The lowest BCUT2D eigenvalue weighted by Crippen LogP contribution is -2.28. The number of amides is 1.